The van der Waals surface area contributed by atoms with Crippen molar-refractivity contribution in [2.24, 2.45) is 0 Å². The molecule has 2 heterocycles. The second kappa shape index (κ2) is 4.52. The number of aromatic amines is 1. The molecule has 98 valence electrons. The molecule has 1 saturated heterocycles. The van der Waals surface area contributed by atoms with Crippen LogP contribution in [0, 0.1) is 0 Å². The van der Waals surface area contributed by atoms with E-state index in [9.17, 15) is 19.8 Å². The van der Waals surface area contributed by atoms with Gasteiger partial charge in [0.2, 0.25) is 0 Å². The monoisotopic (exact) mass is 254 g/mol. The molecule has 1 fully saturated rings. The summed E-state index contributed by atoms with van der Waals surface area (Å²) in [5, 5.41) is 19.4. The van der Waals surface area contributed by atoms with Crippen LogP contribution >= 0.6 is 0 Å². The molecule has 0 radical (unpaired) electrons. The summed E-state index contributed by atoms with van der Waals surface area (Å²) in [6, 6.07) is 0. The van der Waals surface area contributed by atoms with E-state index in [-0.39, 0.29) is 5.56 Å². The maximum atomic E-state index is 11.7. The molecule has 0 saturated carbocycles. The second-order valence-electron chi connectivity index (χ2n) is 4.17. The third kappa shape index (κ3) is 1.92. The van der Waals surface area contributed by atoms with Gasteiger partial charge in [0, 0.05) is 6.20 Å². The third-order valence-electron chi connectivity index (χ3n) is 2.97. The molecule has 0 aromatic carbocycles. The van der Waals surface area contributed by atoms with Crippen LogP contribution in [0.15, 0.2) is 22.4 Å². The van der Waals surface area contributed by atoms with Gasteiger partial charge in [-0.15, -0.1) is 0 Å². The van der Waals surface area contributed by atoms with E-state index in [0.29, 0.717) is 0 Å². The molecular weight excluding hydrogens is 240 g/mol. The molecule has 7 nitrogen and oxygen atoms in total. The summed E-state index contributed by atoms with van der Waals surface area (Å²) in [7, 11) is 0. The number of aliphatic hydroxyl groups excluding tert-OH is 2. The topological polar surface area (TPSA) is 105 Å². The molecule has 1 aliphatic heterocycles. The molecule has 2 rings (SSSR count). The third-order valence-corrected chi connectivity index (χ3v) is 2.97. The first kappa shape index (κ1) is 12.7. The van der Waals surface area contributed by atoms with Crippen molar-refractivity contribution in [1.29, 1.82) is 0 Å². The lowest BCUT2D eigenvalue weighted by Gasteiger charge is -2.17. The van der Waals surface area contributed by atoms with Crippen LogP contribution in [0.5, 0.6) is 0 Å². The molecule has 3 N–H and O–H groups in total. The average molecular weight is 254 g/mol. The Bertz CT molecular complexity index is 576. The fourth-order valence-corrected chi connectivity index (χ4v) is 1.89. The largest absolute Gasteiger partial charge is 0.388 e. The molecule has 1 aromatic heterocycles. The predicted molar refractivity (Wildman–Crippen MR) is 63.0 cm³/mol. The second-order valence-corrected chi connectivity index (χ2v) is 4.17. The summed E-state index contributed by atoms with van der Waals surface area (Å²) >= 11 is 0. The Morgan fingerprint density at radius 2 is 2.11 bits per heavy atom. The van der Waals surface area contributed by atoms with Gasteiger partial charge in [-0.05, 0) is 6.92 Å². The number of rotatable bonds is 2. The van der Waals surface area contributed by atoms with Crippen molar-refractivity contribution in [3.63, 3.8) is 0 Å². The molecule has 0 aliphatic carbocycles. The molecule has 2 unspecified atom stereocenters. The minimum Gasteiger partial charge on any atom is -0.388 e. The number of H-pyrrole nitrogens is 1. The quantitative estimate of drug-likeness (QED) is 0.616. The minimum atomic E-state index is -1.23. The zero-order valence-electron chi connectivity index (χ0n) is 9.74. The Balaban J connectivity index is 2.49. The summed E-state index contributed by atoms with van der Waals surface area (Å²) in [6.07, 6.45) is -1.42. The van der Waals surface area contributed by atoms with Gasteiger partial charge in [0.15, 0.2) is 6.23 Å². The van der Waals surface area contributed by atoms with E-state index in [1.165, 1.54) is 12.3 Å². The van der Waals surface area contributed by atoms with E-state index >= 15 is 0 Å². The van der Waals surface area contributed by atoms with Crippen LogP contribution < -0.4 is 11.2 Å². The Labute approximate surface area is 102 Å². The van der Waals surface area contributed by atoms with Crippen molar-refractivity contribution < 1.29 is 14.9 Å². The van der Waals surface area contributed by atoms with E-state index in [2.05, 4.69) is 11.6 Å². The van der Waals surface area contributed by atoms with Crippen LogP contribution in [0.25, 0.3) is 6.08 Å². The maximum Gasteiger partial charge on any atom is 0.330 e. The zero-order chi connectivity index (χ0) is 13.4. The van der Waals surface area contributed by atoms with E-state index in [1.807, 2.05) is 0 Å². The van der Waals surface area contributed by atoms with Crippen molar-refractivity contribution in [1.82, 2.24) is 9.55 Å². The average Bonchev–Trinajstić information content (AvgIpc) is 2.57. The lowest BCUT2D eigenvalue weighted by Crippen LogP contribution is -2.38. The molecule has 0 bridgehead atoms. The Morgan fingerprint density at radius 3 is 2.61 bits per heavy atom. The highest BCUT2D eigenvalue weighted by Crippen LogP contribution is 2.27. The summed E-state index contributed by atoms with van der Waals surface area (Å²) in [5.74, 6) is 0. The fraction of sp³-hybridized carbons (Fsp3) is 0.455. The molecule has 1 aliphatic rings. The van der Waals surface area contributed by atoms with Gasteiger partial charge in [0.1, 0.15) is 12.2 Å². The molecule has 0 spiro atoms. The summed E-state index contributed by atoms with van der Waals surface area (Å²) in [5.41, 5.74) is -1.09. The SMILES string of the molecule is C=Cc1cn([C@H]2O[C@@H](C)C(O)C2O)c(=O)[nH]c1=O. The van der Waals surface area contributed by atoms with Crippen LogP contribution in [-0.2, 0) is 4.74 Å². The molecule has 4 atom stereocenters. The Hall–Kier alpha value is -1.70. The van der Waals surface area contributed by atoms with E-state index in [4.69, 9.17) is 4.74 Å². The van der Waals surface area contributed by atoms with Gasteiger partial charge in [0.25, 0.3) is 5.56 Å². The standard InChI is InChI=1S/C11H14N2O5/c1-3-6-4-13(11(17)12-9(6)16)10-8(15)7(14)5(2)18-10/h3-5,7-8,10,14-15H,1H2,2H3,(H,12,16,17)/t5-,7?,8?,10-/m0/s1. The van der Waals surface area contributed by atoms with Crippen molar-refractivity contribution in [2.75, 3.05) is 0 Å². The van der Waals surface area contributed by atoms with Gasteiger partial charge in [-0.3, -0.25) is 14.3 Å². The molecular formula is C11H14N2O5. The van der Waals surface area contributed by atoms with Gasteiger partial charge in [-0.25, -0.2) is 4.79 Å². The Morgan fingerprint density at radius 1 is 1.44 bits per heavy atom. The van der Waals surface area contributed by atoms with Crippen molar-refractivity contribution in [3.8, 4) is 0 Å². The predicted octanol–water partition coefficient (Wildman–Crippen LogP) is -1.18. The lowest BCUT2D eigenvalue weighted by atomic mass is 10.1. The van der Waals surface area contributed by atoms with Gasteiger partial charge < -0.3 is 14.9 Å². The molecule has 1 aromatic rings. The Kier molecular flexibility index (Phi) is 3.20. The van der Waals surface area contributed by atoms with Crippen LogP contribution in [0.4, 0.5) is 0 Å². The maximum absolute atomic E-state index is 11.7. The summed E-state index contributed by atoms with van der Waals surface area (Å²) in [4.78, 5) is 25.1. The number of nitrogens with zero attached hydrogens (tertiary/aromatic N) is 1. The summed E-state index contributed by atoms with van der Waals surface area (Å²) < 4.78 is 6.34. The van der Waals surface area contributed by atoms with Crippen molar-refractivity contribution in [3.05, 3.63) is 39.2 Å². The number of aliphatic hydroxyl groups is 2. The van der Waals surface area contributed by atoms with Crippen LogP contribution in [-0.4, -0.2) is 38.1 Å². The first-order valence-corrected chi connectivity index (χ1v) is 5.45. The number of aromatic nitrogens is 2. The van der Waals surface area contributed by atoms with Crippen molar-refractivity contribution in [2.45, 2.75) is 31.5 Å². The first-order valence-electron chi connectivity index (χ1n) is 5.45. The van der Waals surface area contributed by atoms with Gasteiger partial charge in [-0.1, -0.05) is 12.7 Å². The number of hydrogen-bond donors (Lipinski definition) is 3. The van der Waals surface area contributed by atoms with Crippen LogP contribution in [0.1, 0.15) is 18.7 Å². The van der Waals surface area contributed by atoms with Crippen LogP contribution in [0.3, 0.4) is 0 Å². The molecule has 0 amide bonds. The van der Waals surface area contributed by atoms with Gasteiger partial charge >= 0.3 is 5.69 Å². The highest BCUT2D eigenvalue weighted by molar-refractivity contribution is 5.43. The smallest absolute Gasteiger partial charge is 0.330 e. The van der Waals surface area contributed by atoms with E-state index in [1.54, 1.807) is 6.92 Å². The molecule has 7 heteroatoms. The van der Waals surface area contributed by atoms with Crippen LogP contribution in [0.2, 0.25) is 0 Å². The zero-order valence-corrected chi connectivity index (χ0v) is 9.74. The van der Waals surface area contributed by atoms with E-state index in [0.717, 1.165) is 4.57 Å². The normalized spacial score (nSPS) is 31.5. The van der Waals surface area contributed by atoms with Gasteiger partial charge in [0.05, 0.1) is 11.7 Å². The van der Waals surface area contributed by atoms with Gasteiger partial charge in [-0.2, -0.15) is 0 Å². The number of hydrogen-bond acceptors (Lipinski definition) is 5. The highest BCUT2D eigenvalue weighted by Gasteiger charge is 2.41. The number of ether oxygens (including phenoxy) is 1. The lowest BCUT2D eigenvalue weighted by molar-refractivity contribution is -0.0351. The fourth-order valence-electron chi connectivity index (χ4n) is 1.89. The summed E-state index contributed by atoms with van der Waals surface area (Å²) in [6.45, 7) is 5.03. The number of nitrogens with one attached hydrogen (secondary N) is 1. The van der Waals surface area contributed by atoms with Crippen molar-refractivity contribution >= 4 is 6.08 Å². The minimum absolute atomic E-state index is 0.180. The molecule has 18 heavy (non-hydrogen) atoms. The first-order chi connectivity index (χ1) is 8.45. The van der Waals surface area contributed by atoms with E-state index < -0.39 is 35.8 Å². The highest BCUT2D eigenvalue weighted by atomic mass is 16.6.